The molecule has 2 aromatic rings. The highest BCUT2D eigenvalue weighted by Gasteiger charge is 2.09. The van der Waals surface area contributed by atoms with Gasteiger partial charge in [0.05, 0.1) is 4.70 Å². The van der Waals surface area contributed by atoms with Crippen molar-refractivity contribution in [3.8, 4) is 5.75 Å². The van der Waals surface area contributed by atoms with Gasteiger partial charge in [-0.05, 0) is 28.8 Å². The van der Waals surface area contributed by atoms with Gasteiger partial charge in [0.1, 0.15) is 0 Å². The van der Waals surface area contributed by atoms with Crippen molar-refractivity contribution in [1.29, 1.82) is 0 Å². The number of halogens is 1. The lowest BCUT2D eigenvalue weighted by atomic mass is 10.1. The fourth-order valence-corrected chi connectivity index (χ4v) is 2.48. The normalized spacial score (nSPS) is 10.9. The highest BCUT2D eigenvalue weighted by Crippen LogP contribution is 2.34. The molecule has 3 heteroatoms. The number of phenols is 1. The molecule has 0 atom stereocenters. The van der Waals surface area contributed by atoms with Crippen LogP contribution < -0.4 is 0 Å². The summed E-state index contributed by atoms with van der Waals surface area (Å²) >= 11 is 1.39. The lowest BCUT2D eigenvalue weighted by Gasteiger charge is -1.97. The number of aryl methyl sites for hydroxylation is 1. The van der Waals surface area contributed by atoms with E-state index in [4.69, 9.17) is 0 Å². The minimum atomic E-state index is -0.544. The van der Waals surface area contributed by atoms with Crippen LogP contribution in [0.1, 0.15) is 12.5 Å². The Morgan fingerprint density at radius 1 is 1.46 bits per heavy atom. The third kappa shape index (κ3) is 1.20. The van der Waals surface area contributed by atoms with Gasteiger partial charge in [-0.3, -0.25) is 0 Å². The van der Waals surface area contributed by atoms with Gasteiger partial charge in [0.2, 0.25) is 0 Å². The van der Waals surface area contributed by atoms with E-state index in [0.717, 1.165) is 17.4 Å². The summed E-state index contributed by atoms with van der Waals surface area (Å²) in [4.78, 5) is 0. The van der Waals surface area contributed by atoms with Crippen LogP contribution in [0.25, 0.3) is 10.1 Å². The standard InChI is InChI=1S/C10H9FOS/c1-2-6-5-13-10-7(6)3-4-8(11)9(10)12/h3-5,12H,2H2,1H3. The molecule has 0 radical (unpaired) electrons. The Labute approximate surface area is 79.4 Å². The Bertz CT molecular complexity index is 447. The van der Waals surface area contributed by atoms with Gasteiger partial charge in [0.25, 0.3) is 0 Å². The van der Waals surface area contributed by atoms with Crippen LogP contribution in [0.4, 0.5) is 4.39 Å². The van der Waals surface area contributed by atoms with E-state index in [1.807, 2.05) is 12.3 Å². The second kappa shape index (κ2) is 3.00. The van der Waals surface area contributed by atoms with E-state index < -0.39 is 5.82 Å². The van der Waals surface area contributed by atoms with Crippen molar-refractivity contribution in [3.05, 3.63) is 28.9 Å². The number of fused-ring (bicyclic) bond motifs is 1. The quantitative estimate of drug-likeness (QED) is 0.741. The second-order valence-corrected chi connectivity index (χ2v) is 3.77. The van der Waals surface area contributed by atoms with Gasteiger partial charge in [-0.15, -0.1) is 11.3 Å². The number of rotatable bonds is 1. The van der Waals surface area contributed by atoms with E-state index in [2.05, 4.69) is 0 Å². The molecule has 2 rings (SSSR count). The second-order valence-electron chi connectivity index (χ2n) is 2.89. The molecule has 0 aliphatic rings. The van der Waals surface area contributed by atoms with Crippen molar-refractivity contribution in [2.75, 3.05) is 0 Å². The Balaban J connectivity index is 2.81. The van der Waals surface area contributed by atoms with Gasteiger partial charge < -0.3 is 5.11 Å². The lowest BCUT2D eigenvalue weighted by Crippen LogP contribution is -1.78. The highest BCUT2D eigenvalue weighted by molar-refractivity contribution is 7.17. The summed E-state index contributed by atoms with van der Waals surface area (Å²) in [6.45, 7) is 2.04. The number of hydrogen-bond donors (Lipinski definition) is 1. The zero-order valence-electron chi connectivity index (χ0n) is 7.17. The fourth-order valence-electron chi connectivity index (χ4n) is 1.39. The first-order chi connectivity index (χ1) is 6.24. The molecule has 0 saturated heterocycles. The van der Waals surface area contributed by atoms with Crippen molar-refractivity contribution < 1.29 is 9.50 Å². The molecule has 1 aromatic carbocycles. The molecular formula is C10H9FOS. The van der Waals surface area contributed by atoms with Crippen LogP contribution >= 0.6 is 11.3 Å². The number of thiophene rings is 1. The number of phenolic OH excluding ortho intramolecular Hbond substituents is 1. The summed E-state index contributed by atoms with van der Waals surface area (Å²) in [7, 11) is 0. The predicted molar refractivity (Wildman–Crippen MR) is 52.8 cm³/mol. The van der Waals surface area contributed by atoms with Crippen LogP contribution in [0.2, 0.25) is 0 Å². The van der Waals surface area contributed by atoms with Crippen LogP contribution in [0.3, 0.4) is 0 Å². The molecule has 0 unspecified atom stereocenters. The predicted octanol–water partition coefficient (Wildman–Crippen LogP) is 3.31. The molecule has 68 valence electrons. The summed E-state index contributed by atoms with van der Waals surface area (Å²) in [5.41, 5.74) is 1.16. The zero-order valence-corrected chi connectivity index (χ0v) is 7.99. The number of benzene rings is 1. The van der Waals surface area contributed by atoms with E-state index in [1.165, 1.54) is 17.4 Å². The van der Waals surface area contributed by atoms with Crippen LogP contribution in [0, 0.1) is 5.82 Å². The third-order valence-electron chi connectivity index (χ3n) is 2.13. The SMILES string of the molecule is CCc1csc2c(O)c(F)ccc12. The van der Waals surface area contributed by atoms with E-state index in [1.54, 1.807) is 6.07 Å². The third-order valence-corrected chi connectivity index (χ3v) is 3.18. The molecule has 0 aliphatic carbocycles. The zero-order chi connectivity index (χ0) is 9.42. The van der Waals surface area contributed by atoms with E-state index >= 15 is 0 Å². The van der Waals surface area contributed by atoms with Crippen LogP contribution in [0.15, 0.2) is 17.5 Å². The molecule has 0 fully saturated rings. The largest absolute Gasteiger partial charge is 0.504 e. The minimum absolute atomic E-state index is 0.220. The maximum absolute atomic E-state index is 12.9. The van der Waals surface area contributed by atoms with Crippen molar-refractivity contribution in [1.82, 2.24) is 0 Å². The molecular weight excluding hydrogens is 187 g/mol. The van der Waals surface area contributed by atoms with Gasteiger partial charge in [0, 0.05) is 0 Å². The molecule has 1 nitrogen and oxygen atoms in total. The first kappa shape index (κ1) is 8.51. The van der Waals surface area contributed by atoms with Gasteiger partial charge >= 0.3 is 0 Å². The first-order valence-electron chi connectivity index (χ1n) is 4.11. The molecule has 1 N–H and O–H groups in total. The summed E-state index contributed by atoms with van der Waals surface area (Å²) in [5, 5.41) is 12.3. The summed E-state index contributed by atoms with van der Waals surface area (Å²) < 4.78 is 13.6. The first-order valence-corrected chi connectivity index (χ1v) is 4.99. The molecule has 0 aliphatic heterocycles. The van der Waals surface area contributed by atoms with E-state index in [0.29, 0.717) is 4.70 Å². The minimum Gasteiger partial charge on any atom is -0.504 e. The molecule has 0 bridgehead atoms. The van der Waals surface area contributed by atoms with Gasteiger partial charge in [0.15, 0.2) is 11.6 Å². The molecule has 1 heterocycles. The number of hydrogen-bond acceptors (Lipinski definition) is 2. The maximum Gasteiger partial charge on any atom is 0.169 e. The van der Waals surface area contributed by atoms with E-state index in [9.17, 15) is 9.50 Å². The van der Waals surface area contributed by atoms with Gasteiger partial charge in [-0.2, -0.15) is 0 Å². The molecule has 0 amide bonds. The molecule has 0 spiro atoms. The number of aromatic hydroxyl groups is 1. The van der Waals surface area contributed by atoms with Gasteiger partial charge in [-0.25, -0.2) is 4.39 Å². The smallest absolute Gasteiger partial charge is 0.169 e. The fraction of sp³-hybridized carbons (Fsp3) is 0.200. The van der Waals surface area contributed by atoms with Crippen molar-refractivity contribution in [3.63, 3.8) is 0 Å². The summed E-state index contributed by atoms with van der Waals surface area (Å²) in [6, 6.07) is 3.03. The topological polar surface area (TPSA) is 20.2 Å². The lowest BCUT2D eigenvalue weighted by molar-refractivity contribution is 0.439. The average Bonchev–Trinajstić information content (AvgIpc) is 2.55. The Kier molecular flexibility index (Phi) is 1.96. The Morgan fingerprint density at radius 3 is 2.92 bits per heavy atom. The van der Waals surface area contributed by atoms with Crippen molar-refractivity contribution >= 4 is 21.4 Å². The Morgan fingerprint density at radius 2 is 2.23 bits per heavy atom. The highest BCUT2D eigenvalue weighted by atomic mass is 32.1. The molecule has 1 aromatic heterocycles. The maximum atomic E-state index is 12.9. The van der Waals surface area contributed by atoms with E-state index in [-0.39, 0.29) is 5.75 Å². The Hall–Kier alpha value is -1.09. The van der Waals surface area contributed by atoms with Crippen molar-refractivity contribution in [2.24, 2.45) is 0 Å². The van der Waals surface area contributed by atoms with Gasteiger partial charge in [-0.1, -0.05) is 13.0 Å². The average molecular weight is 196 g/mol. The van der Waals surface area contributed by atoms with Crippen LogP contribution in [-0.4, -0.2) is 5.11 Å². The van der Waals surface area contributed by atoms with Crippen molar-refractivity contribution in [2.45, 2.75) is 13.3 Å². The molecule has 0 saturated carbocycles. The van der Waals surface area contributed by atoms with Crippen LogP contribution in [-0.2, 0) is 6.42 Å². The summed E-state index contributed by atoms with van der Waals surface area (Å²) in [6.07, 6.45) is 0.908. The monoisotopic (exact) mass is 196 g/mol. The molecule has 13 heavy (non-hydrogen) atoms. The summed E-state index contributed by atoms with van der Waals surface area (Å²) in [5.74, 6) is -0.765. The van der Waals surface area contributed by atoms with Crippen LogP contribution in [0.5, 0.6) is 5.75 Å².